The van der Waals surface area contributed by atoms with Gasteiger partial charge in [-0.2, -0.15) is 5.26 Å². The molecule has 0 aliphatic carbocycles. The third kappa shape index (κ3) is 6.32. The second-order valence-corrected chi connectivity index (χ2v) is 13.5. The minimum absolute atomic E-state index is 0.0118. The van der Waals surface area contributed by atoms with E-state index in [0.29, 0.717) is 12.0 Å². The predicted molar refractivity (Wildman–Crippen MR) is 168 cm³/mol. The molecule has 44 heavy (non-hydrogen) atoms. The first-order chi connectivity index (χ1) is 20.6. The molecule has 4 rings (SSSR count). The zero-order valence-corrected chi connectivity index (χ0v) is 26.9. The quantitative estimate of drug-likeness (QED) is 0.243. The number of ether oxygens (including phenoxy) is 1. The molecule has 4 unspecified atom stereocenters. The molecule has 232 valence electrons. The van der Waals surface area contributed by atoms with Crippen LogP contribution in [0.1, 0.15) is 68.4 Å². The van der Waals surface area contributed by atoms with Crippen molar-refractivity contribution in [3.63, 3.8) is 0 Å². The van der Waals surface area contributed by atoms with E-state index in [9.17, 15) is 14.9 Å². The fourth-order valence-electron chi connectivity index (χ4n) is 6.05. The number of amides is 1. The highest BCUT2D eigenvalue weighted by molar-refractivity contribution is 6.31. The molecule has 1 heterocycles. The number of nitrogens with zero attached hydrogens (tertiary/aromatic N) is 1. The lowest BCUT2D eigenvalue weighted by Crippen LogP contribution is -2.45. The molecule has 0 radical (unpaired) electrons. The summed E-state index contributed by atoms with van der Waals surface area (Å²) >= 11 is 12.3. The van der Waals surface area contributed by atoms with E-state index in [0.717, 1.165) is 6.07 Å². The van der Waals surface area contributed by atoms with E-state index in [1.54, 1.807) is 32.0 Å². The van der Waals surface area contributed by atoms with Crippen LogP contribution in [0.25, 0.3) is 0 Å². The van der Waals surface area contributed by atoms with Crippen LogP contribution in [0.4, 0.5) is 14.5 Å². The largest absolute Gasteiger partial charge is 0.495 e. The maximum Gasteiger partial charge on any atom is 0.242 e. The van der Waals surface area contributed by atoms with Crippen LogP contribution in [0.3, 0.4) is 0 Å². The van der Waals surface area contributed by atoms with Crippen molar-refractivity contribution in [2.75, 3.05) is 12.4 Å². The van der Waals surface area contributed by atoms with E-state index in [-0.39, 0.29) is 49.7 Å². The summed E-state index contributed by atoms with van der Waals surface area (Å²) in [6.07, 6.45) is 0.334. The molecule has 1 amide bonds. The van der Waals surface area contributed by atoms with Crippen molar-refractivity contribution < 1.29 is 23.1 Å². The van der Waals surface area contributed by atoms with Crippen LogP contribution in [0.5, 0.6) is 5.75 Å². The summed E-state index contributed by atoms with van der Waals surface area (Å²) in [7, 11) is 1.41. The summed E-state index contributed by atoms with van der Waals surface area (Å²) in [5.74, 6) is -3.48. The number of nitrogens with one attached hydrogen (secondary N) is 2. The number of carbonyl (C=O) groups is 2. The molecule has 1 aliphatic heterocycles. The van der Waals surface area contributed by atoms with Crippen molar-refractivity contribution in [3.05, 3.63) is 93.0 Å². The van der Waals surface area contributed by atoms with Gasteiger partial charge in [0, 0.05) is 34.0 Å². The number of hydrogen-bond acceptors (Lipinski definition) is 5. The SMILES string of the molecule is COc1cc(C(=O)C(C)C)ccc1NC(=O)C1NC(CC(C)(C)C)C(C#N)(c2ccc(Cl)cc2F)C1c1cccc(Cl)c1F. The molecule has 1 aliphatic rings. The number of anilines is 1. The highest BCUT2D eigenvalue weighted by Crippen LogP contribution is 2.53. The predicted octanol–water partition coefficient (Wildman–Crippen LogP) is 8.08. The zero-order chi connectivity index (χ0) is 32.6. The molecule has 1 fully saturated rings. The van der Waals surface area contributed by atoms with Gasteiger partial charge in [0.25, 0.3) is 0 Å². The smallest absolute Gasteiger partial charge is 0.242 e. The van der Waals surface area contributed by atoms with Crippen LogP contribution in [0.2, 0.25) is 10.0 Å². The van der Waals surface area contributed by atoms with E-state index in [1.165, 1.54) is 37.4 Å². The Morgan fingerprint density at radius 1 is 1.11 bits per heavy atom. The van der Waals surface area contributed by atoms with E-state index in [1.807, 2.05) is 20.8 Å². The Morgan fingerprint density at radius 3 is 2.41 bits per heavy atom. The molecule has 2 N–H and O–H groups in total. The van der Waals surface area contributed by atoms with Crippen molar-refractivity contribution in [3.8, 4) is 11.8 Å². The summed E-state index contributed by atoms with van der Waals surface area (Å²) in [5.41, 5.74) is -1.48. The maximum atomic E-state index is 15.9. The lowest BCUT2D eigenvalue weighted by atomic mass is 9.62. The van der Waals surface area contributed by atoms with Crippen LogP contribution in [0.15, 0.2) is 54.6 Å². The third-order valence-electron chi connectivity index (χ3n) is 8.00. The van der Waals surface area contributed by atoms with Crippen molar-refractivity contribution in [1.29, 1.82) is 5.26 Å². The summed E-state index contributed by atoms with van der Waals surface area (Å²) in [6.45, 7) is 9.45. The Hall–Kier alpha value is -3.51. The fraction of sp³-hybridized carbons (Fsp3) is 0.382. The molecule has 3 aromatic rings. The van der Waals surface area contributed by atoms with Gasteiger partial charge in [-0.15, -0.1) is 0 Å². The van der Waals surface area contributed by atoms with Gasteiger partial charge in [0.15, 0.2) is 5.78 Å². The van der Waals surface area contributed by atoms with E-state index in [4.69, 9.17) is 27.9 Å². The molecule has 0 bridgehead atoms. The molecule has 1 saturated heterocycles. The summed E-state index contributed by atoms with van der Waals surface area (Å²) in [6, 6.07) is 13.3. The number of carbonyl (C=O) groups excluding carboxylic acids is 2. The van der Waals surface area contributed by atoms with E-state index >= 15 is 8.78 Å². The summed E-state index contributed by atoms with van der Waals surface area (Å²) in [5, 5.41) is 17.0. The third-order valence-corrected chi connectivity index (χ3v) is 8.53. The highest BCUT2D eigenvalue weighted by Gasteiger charge is 2.61. The van der Waals surface area contributed by atoms with Gasteiger partial charge in [-0.3, -0.25) is 9.59 Å². The second kappa shape index (κ2) is 12.8. The van der Waals surface area contributed by atoms with E-state index in [2.05, 4.69) is 16.7 Å². The van der Waals surface area contributed by atoms with E-state index < -0.39 is 41.0 Å². The molecule has 0 saturated carbocycles. The topological polar surface area (TPSA) is 91.2 Å². The van der Waals surface area contributed by atoms with Gasteiger partial charge in [-0.1, -0.05) is 76.0 Å². The Bertz CT molecular complexity index is 1630. The molecule has 3 aromatic carbocycles. The van der Waals surface area contributed by atoms with Gasteiger partial charge in [-0.25, -0.2) is 8.78 Å². The first-order valence-corrected chi connectivity index (χ1v) is 15.0. The normalized spacial score (nSPS) is 21.6. The average Bonchev–Trinajstić information content (AvgIpc) is 3.27. The van der Waals surface area contributed by atoms with Crippen molar-refractivity contribution in [2.45, 2.75) is 64.5 Å². The van der Waals surface area contributed by atoms with Gasteiger partial charge in [0.05, 0.1) is 29.9 Å². The first-order valence-electron chi connectivity index (χ1n) is 14.2. The number of Topliss-reactive ketones (excluding diaryl/α,β-unsaturated/α-hetero) is 1. The molecule has 6 nitrogen and oxygen atoms in total. The van der Waals surface area contributed by atoms with Crippen LogP contribution in [-0.4, -0.2) is 30.9 Å². The second-order valence-electron chi connectivity index (χ2n) is 12.6. The fourth-order valence-corrected chi connectivity index (χ4v) is 6.39. The van der Waals surface area contributed by atoms with Crippen molar-refractivity contribution in [2.24, 2.45) is 11.3 Å². The Balaban J connectivity index is 1.92. The van der Waals surface area contributed by atoms with Crippen molar-refractivity contribution >= 4 is 40.6 Å². The number of halogens is 4. The molecule has 10 heteroatoms. The number of rotatable bonds is 8. The van der Waals surface area contributed by atoms with Gasteiger partial charge < -0.3 is 15.4 Å². The molecule has 0 aromatic heterocycles. The van der Waals surface area contributed by atoms with Crippen LogP contribution >= 0.6 is 23.2 Å². The minimum atomic E-state index is -1.76. The maximum absolute atomic E-state index is 15.9. The van der Waals surface area contributed by atoms with Crippen molar-refractivity contribution in [1.82, 2.24) is 5.32 Å². The summed E-state index contributed by atoms with van der Waals surface area (Å²) < 4.78 is 37.2. The number of hydrogen-bond donors (Lipinski definition) is 2. The van der Waals surface area contributed by atoms with Gasteiger partial charge in [-0.05, 0) is 53.8 Å². The number of nitriles is 1. The first kappa shape index (κ1) is 33.4. The Labute approximate surface area is 266 Å². The zero-order valence-electron chi connectivity index (χ0n) is 25.4. The number of benzene rings is 3. The number of ketones is 1. The molecule has 0 spiro atoms. The standard InChI is InChI=1S/C34H35Cl2F2N3O3/c1-18(2)31(42)19-10-13-25(26(14-19)44-6)40-32(43)30-28(21-8-7-9-23(36)29(21)38)34(17-39,27(41-30)16-33(3,4)5)22-12-11-20(35)15-24(22)37/h7-15,18,27-28,30,41H,16H2,1-6H3,(H,40,43). The number of methoxy groups -OCH3 is 1. The van der Waals surface area contributed by atoms with Gasteiger partial charge in [0.1, 0.15) is 22.8 Å². The monoisotopic (exact) mass is 641 g/mol. The lowest BCUT2D eigenvalue weighted by molar-refractivity contribution is -0.118. The van der Waals surface area contributed by atoms with Gasteiger partial charge in [0.2, 0.25) is 5.91 Å². The average molecular weight is 643 g/mol. The Kier molecular flexibility index (Phi) is 9.75. The lowest BCUT2D eigenvalue weighted by Gasteiger charge is -2.37. The van der Waals surface area contributed by atoms with Gasteiger partial charge >= 0.3 is 0 Å². The Morgan fingerprint density at radius 2 is 1.82 bits per heavy atom. The molecule has 4 atom stereocenters. The molecular formula is C34H35Cl2F2N3O3. The van der Waals surface area contributed by atoms with Crippen LogP contribution in [0, 0.1) is 34.3 Å². The highest BCUT2D eigenvalue weighted by atomic mass is 35.5. The van der Waals surface area contributed by atoms with Crippen LogP contribution in [-0.2, 0) is 10.2 Å². The minimum Gasteiger partial charge on any atom is -0.495 e. The van der Waals surface area contributed by atoms with Crippen LogP contribution < -0.4 is 15.4 Å². The summed E-state index contributed by atoms with van der Waals surface area (Å²) in [4.78, 5) is 26.8. The molecular weight excluding hydrogens is 607 g/mol.